The van der Waals surface area contributed by atoms with Gasteiger partial charge in [-0.2, -0.15) is 0 Å². The summed E-state index contributed by atoms with van der Waals surface area (Å²) in [7, 11) is 0. The number of nitro benzene ring substituents is 1. The second kappa shape index (κ2) is 4.56. The highest BCUT2D eigenvalue weighted by Crippen LogP contribution is 2.29. The summed E-state index contributed by atoms with van der Waals surface area (Å²) in [5.41, 5.74) is 5.54. The Hall–Kier alpha value is -1.88. The number of anilines is 1. The van der Waals surface area contributed by atoms with E-state index in [4.69, 9.17) is 17.3 Å². The summed E-state index contributed by atoms with van der Waals surface area (Å²) in [4.78, 5) is 20.0. The van der Waals surface area contributed by atoms with Gasteiger partial charge in [-0.15, -0.1) is 0 Å². The normalized spacial score (nSPS) is 10.5. The molecule has 0 spiro atoms. The average Bonchev–Trinajstić information content (AvgIpc) is 2.16. The van der Waals surface area contributed by atoms with Gasteiger partial charge < -0.3 is 5.73 Å². The minimum absolute atomic E-state index is 0.00625. The fraction of sp³-hybridized carbons (Fsp3) is 0. The van der Waals surface area contributed by atoms with Crippen LogP contribution in [0, 0.1) is 10.1 Å². The molecule has 0 unspecified atom stereocenters. The molecular weight excluding hydrogens is 220 g/mol. The van der Waals surface area contributed by atoms with E-state index in [0.29, 0.717) is 11.8 Å². The molecule has 1 aromatic carbocycles. The van der Waals surface area contributed by atoms with Crippen LogP contribution >= 0.6 is 11.6 Å². The van der Waals surface area contributed by atoms with Gasteiger partial charge in [0.15, 0.2) is 0 Å². The van der Waals surface area contributed by atoms with Gasteiger partial charge in [-0.05, 0) is 18.2 Å². The number of hydrogen-bond acceptors (Lipinski definition) is 4. The SMILES string of the molecule is Nc1cc(Cl)c(C=CC=O)cc1[N+](=O)[O-]. The zero-order chi connectivity index (χ0) is 11.4. The number of carbonyl (C=O) groups excluding carboxylic acids is 1. The first-order valence-corrected chi connectivity index (χ1v) is 4.29. The summed E-state index contributed by atoms with van der Waals surface area (Å²) in [6.45, 7) is 0. The van der Waals surface area contributed by atoms with Crippen LogP contribution in [0.5, 0.6) is 0 Å². The Morgan fingerprint density at radius 3 is 2.67 bits per heavy atom. The van der Waals surface area contributed by atoms with Crippen molar-refractivity contribution < 1.29 is 9.72 Å². The Balaban J connectivity index is 3.29. The predicted octanol–water partition coefficient (Wildman–Crippen LogP) is 2.04. The van der Waals surface area contributed by atoms with E-state index in [1.54, 1.807) is 0 Å². The monoisotopic (exact) mass is 226 g/mol. The first kappa shape index (κ1) is 11.2. The Bertz CT molecular complexity index is 443. The number of nitrogens with two attached hydrogens (primary N) is 1. The second-order valence-corrected chi connectivity index (χ2v) is 3.09. The molecule has 0 saturated carbocycles. The molecule has 0 aromatic heterocycles. The van der Waals surface area contributed by atoms with E-state index in [1.165, 1.54) is 24.3 Å². The molecule has 78 valence electrons. The fourth-order valence-electron chi connectivity index (χ4n) is 1.02. The molecule has 0 aliphatic heterocycles. The number of nitrogen functional groups attached to an aromatic ring is 1. The summed E-state index contributed by atoms with van der Waals surface area (Å²) in [5, 5.41) is 10.8. The summed E-state index contributed by atoms with van der Waals surface area (Å²) in [6, 6.07) is 2.50. The van der Waals surface area contributed by atoms with Crippen molar-refractivity contribution in [1.29, 1.82) is 0 Å². The Kier molecular flexibility index (Phi) is 3.41. The molecule has 6 heteroatoms. The Morgan fingerprint density at radius 2 is 2.13 bits per heavy atom. The molecule has 0 aliphatic rings. The first-order valence-electron chi connectivity index (χ1n) is 3.91. The van der Waals surface area contributed by atoms with Crippen LogP contribution in [0.15, 0.2) is 18.2 Å². The van der Waals surface area contributed by atoms with Gasteiger partial charge >= 0.3 is 0 Å². The zero-order valence-corrected chi connectivity index (χ0v) is 8.27. The molecule has 0 fully saturated rings. The van der Waals surface area contributed by atoms with Gasteiger partial charge in [-0.25, -0.2) is 0 Å². The number of nitrogens with zero attached hydrogens (tertiary/aromatic N) is 1. The topological polar surface area (TPSA) is 86.2 Å². The van der Waals surface area contributed by atoms with E-state index >= 15 is 0 Å². The number of nitro groups is 1. The van der Waals surface area contributed by atoms with Gasteiger partial charge in [-0.1, -0.05) is 11.6 Å². The lowest BCUT2D eigenvalue weighted by Gasteiger charge is -2.01. The molecule has 0 atom stereocenters. The molecule has 0 bridgehead atoms. The molecule has 0 aliphatic carbocycles. The van der Waals surface area contributed by atoms with Crippen molar-refractivity contribution in [3.63, 3.8) is 0 Å². The lowest BCUT2D eigenvalue weighted by molar-refractivity contribution is -0.383. The van der Waals surface area contributed by atoms with Gasteiger partial charge in [0.05, 0.1) is 9.95 Å². The van der Waals surface area contributed by atoms with Crippen LogP contribution in [0.1, 0.15) is 5.56 Å². The van der Waals surface area contributed by atoms with Crippen molar-refractivity contribution in [2.45, 2.75) is 0 Å². The average molecular weight is 227 g/mol. The summed E-state index contributed by atoms with van der Waals surface area (Å²) in [6.07, 6.45) is 3.13. The highest BCUT2D eigenvalue weighted by Gasteiger charge is 2.13. The highest BCUT2D eigenvalue weighted by molar-refractivity contribution is 6.32. The molecular formula is C9H7ClN2O3. The molecule has 1 aromatic rings. The molecule has 0 heterocycles. The Morgan fingerprint density at radius 1 is 1.47 bits per heavy atom. The molecule has 0 radical (unpaired) electrons. The minimum Gasteiger partial charge on any atom is -0.393 e. The minimum atomic E-state index is -0.607. The number of allylic oxidation sites excluding steroid dienone is 1. The number of halogens is 1. The van der Waals surface area contributed by atoms with E-state index in [0.717, 1.165) is 0 Å². The summed E-state index contributed by atoms with van der Waals surface area (Å²) in [5.74, 6) is 0. The predicted molar refractivity (Wildman–Crippen MR) is 57.6 cm³/mol. The van der Waals surface area contributed by atoms with Crippen LogP contribution in [-0.4, -0.2) is 11.2 Å². The third kappa shape index (κ3) is 2.54. The largest absolute Gasteiger partial charge is 0.393 e. The van der Waals surface area contributed by atoms with Crippen molar-refractivity contribution in [1.82, 2.24) is 0 Å². The standard InChI is InChI=1S/C9H7ClN2O3/c10-7-5-8(11)9(12(14)15)4-6(7)2-1-3-13/h1-5H,11H2. The smallest absolute Gasteiger partial charge is 0.292 e. The van der Waals surface area contributed by atoms with Crippen molar-refractivity contribution in [2.24, 2.45) is 0 Å². The van der Waals surface area contributed by atoms with Crippen LogP contribution in [0.3, 0.4) is 0 Å². The van der Waals surface area contributed by atoms with Gasteiger partial charge in [0.2, 0.25) is 0 Å². The quantitative estimate of drug-likeness (QED) is 0.281. The van der Waals surface area contributed by atoms with Gasteiger partial charge in [-0.3, -0.25) is 14.9 Å². The van der Waals surface area contributed by atoms with Crippen molar-refractivity contribution in [2.75, 3.05) is 5.73 Å². The highest BCUT2D eigenvalue weighted by atomic mass is 35.5. The number of benzene rings is 1. The van der Waals surface area contributed by atoms with Crippen LogP contribution < -0.4 is 5.73 Å². The maximum atomic E-state index is 10.5. The van der Waals surface area contributed by atoms with E-state index < -0.39 is 4.92 Å². The molecule has 0 saturated heterocycles. The maximum absolute atomic E-state index is 10.5. The molecule has 1 rings (SSSR count). The van der Waals surface area contributed by atoms with Gasteiger partial charge in [0.1, 0.15) is 12.0 Å². The van der Waals surface area contributed by atoms with Gasteiger partial charge in [0, 0.05) is 11.6 Å². The molecule has 0 amide bonds. The van der Waals surface area contributed by atoms with Crippen molar-refractivity contribution in [3.8, 4) is 0 Å². The van der Waals surface area contributed by atoms with Gasteiger partial charge in [0.25, 0.3) is 5.69 Å². The van der Waals surface area contributed by atoms with E-state index in [9.17, 15) is 14.9 Å². The van der Waals surface area contributed by atoms with Crippen molar-refractivity contribution >= 4 is 35.3 Å². The summed E-state index contributed by atoms with van der Waals surface area (Å²) >= 11 is 5.77. The maximum Gasteiger partial charge on any atom is 0.292 e. The lowest BCUT2D eigenvalue weighted by Crippen LogP contribution is -1.96. The summed E-state index contributed by atoms with van der Waals surface area (Å²) < 4.78 is 0. The number of carbonyl (C=O) groups is 1. The first-order chi connectivity index (χ1) is 7.06. The van der Waals surface area contributed by atoms with Crippen LogP contribution in [0.25, 0.3) is 6.08 Å². The van der Waals surface area contributed by atoms with Crippen LogP contribution in [0.4, 0.5) is 11.4 Å². The van der Waals surface area contributed by atoms with Crippen molar-refractivity contribution in [3.05, 3.63) is 38.9 Å². The Labute approximate surface area is 90.3 Å². The third-order valence-electron chi connectivity index (χ3n) is 1.70. The zero-order valence-electron chi connectivity index (χ0n) is 7.51. The molecule has 5 nitrogen and oxygen atoms in total. The lowest BCUT2D eigenvalue weighted by atomic mass is 10.1. The van der Waals surface area contributed by atoms with Crippen LogP contribution in [-0.2, 0) is 4.79 Å². The fourth-order valence-corrected chi connectivity index (χ4v) is 1.26. The second-order valence-electron chi connectivity index (χ2n) is 2.68. The number of rotatable bonds is 3. The number of hydrogen-bond donors (Lipinski definition) is 1. The van der Waals surface area contributed by atoms with Crippen LogP contribution in [0.2, 0.25) is 5.02 Å². The van der Waals surface area contributed by atoms with E-state index in [2.05, 4.69) is 0 Å². The number of aldehydes is 1. The third-order valence-corrected chi connectivity index (χ3v) is 2.02. The van der Waals surface area contributed by atoms with E-state index in [-0.39, 0.29) is 16.4 Å². The molecule has 15 heavy (non-hydrogen) atoms. The van der Waals surface area contributed by atoms with E-state index in [1.807, 2.05) is 0 Å². The molecule has 2 N–H and O–H groups in total.